The number of H-pyrrole nitrogens is 1. The van der Waals surface area contributed by atoms with Gasteiger partial charge in [0.05, 0.1) is 12.2 Å². The fraction of sp³-hybridized carbons (Fsp3) is 0.167. The van der Waals surface area contributed by atoms with Gasteiger partial charge in [0.15, 0.2) is 0 Å². The Balaban J connectivity index is 1.91. The molecule has 0 aliphatic heterocycles. The van der Waals surface area contributed by atoms with Crippen molar-refractivity contribution >= 4 is 17.3 Å². The highest BCUT2D eigenvalue weighted by Crippen LogP contribution is 2.14. The lowest BCUT2D eigenvalue weighted by atomic mass is 10.2. The van der Waals surface area contributed by atoms with Gasteiger partial charge in [0.1, 0.15) is 0 Å². The Labute approximate surface area is 99.2 Å². The lowest BCUT2D eigenvalue weighted by molar-refractivity contribution is -0.114. The van der Waals surface area contributed by atoms with Gasteiger partial charge >= 0.3 is 0 Å². The summed E-state index contributed by atoms with van der Waals surface area (Å²) in [5, 5.41) is 12.7. The van der Waals surface area contributed by atoms with Gasteiger partial charge in [-0.1, -0.05) is 0 Å². The van der Waals surface area contributed by atoms with Crippen molar-refractivity contribution in [1.29, 1.82) is 0 Å². The van der Waals surface area contributed by atoms with Crippen LogP contribution in [0.25, 0.3) is 0 Å². The Bertz CT molecular complexity index is 476. The van der Waals surface area contributed by atoms with Crippen LogP contribution in [0.2, 0.25) is 0 Å². The molecule has 1 aromatic heterocycles. The van der Waals surface area contributed by atoms with Crippen LogP contribution >= 0.6 is 0 Å². The number of hydrogen-bond acceptors (Lipinski definition) is 3. The lowest BCUT2D eigenvalue weighted by Gasteiger charge is -2.06. The molecule has 0 spiro atoms. The van der Waals surface area contributed by atoms with Crippen LogP contribution in [0, 0.1) is 0 Å². The summed E-state index contributed by atoms with van der Waals surface area (Å²) >= 11 is 0. The highest BCUT2D eigenvalue weighted by Gasteiger charge is 1.97. The second kappa shape index (κ2) is 5.16. The number of carbonyl (C=O) groups is 1. The number of anilines is 2. The Kier molecular flexibility index (Phi) is 3.40. The maximum absolute atomic E-state index is 10.8. The van der Waals surface area contributed by atoms with E-state index in [-0.39, 0.29) is 5.91 Å². The zero-order chi connectivity index (χ0) is 12.1. The van der Waals surface area contributed by atoms with Crippen LogP contribution in [0.15, 0.2) is 36.5 Å². The number of nitrogens with zero attached hydrogens (tertiary/aromatic N) is 1. The Morgan fingerprint density at radius 3 is 2.53 bits per heavy atom. The number of rotatable bonds is 4. The van der Waals surface area contributed by atoms with Crippen molar-refractivity contribution in [1.82, 2.24) is 10.2 Å². The summed E-state index contributed by atoms with van der Waals surface area (Å²) in [5.74, 6) is -0.0665. The molecule has 0 aliphatic carbocycles. The van der Waals surface area contributed by atoms with Crippen LogP contribution in [0.4, 0.5) is 11.4 Å². The van der Waals surface area contributed by atoms with Gasteiger partial charge < -0.3 is 10.6 Å². The first-order valence-corrected chi connectivity index (χ1v) is 5.34. The standard InChI is InChI=1S/C12H14N4O/c1-9(17)15-11-4-2-10(3-5-11)13-8-12-6-7-14-16-12/h2-7,13H,8H2,1H3,(H,14,16)(H,15,17). The number of nitrogens with one attached hydrogen (secondary N) is 3. The predicted octanol–water partition coefficient (Wildman–Crippen LogP) is 1.98. The van der Waals surface area contributed by atoms with Crippen LogP contribution in [-0.4, -0.2) is 16.1 Å². The maximum atomic E-state index is 10.8. The molecule has 5 nitrogen and oxygen atoms in total. The third-order valence-corrected chi connectivity index (χ3v) is 2.25. The third-order valence-electron chi connectivity index (χ3n) is 2.25. The van der Waals surface area contributed by atoms with Crippen molar-refractivity contribution in [3.63, 3.8) is 0 Å². The summed E-state index contributed by atoms with van der Waals surface area (Å²) in [6.07, 6.45) is 1.72. The van der Waals surface area contributed by atoms with Gasteiger partial charge in [-0.05, 0) is 30.3 Å². The van der Waals surface area contributed by atoms with E-state index in [1.54, 1.807) is 6.20 Å². The van der Waals surface area contributed by atoms with Gasteiger partial charge in [0.25, 0.3) is 0 Å². The summed E-state index contributed by atoms with van der Waals surface area (Å²) in [7, 11) is 0. The van der Waals surface area contributed by atoms with Crippen LogP contribution in [0.1, 0.15) is 12.6 Å². The van der Waals surface area contributed by atoms with E-state index in [0.29, 0.717) is 6.54 Å². The van der Waals surface area contributed by atoms with Gasteiger partial charge in [-0.15, -0.1) is 0 Å². The number of benzene rings is 1. The van der Waals surface area contributed by atoms with Crippen LogP contribution in [-0.2, 0) is 11.3 Å². The first kappa shape index (κ1) is 11.2. The minimum absolute atomic E-state index is 0.0665. The van der Waals surface area contributed by atoms with Gasteiger partial charge in [0.2, 0.25) is 5.91 Å². The minimum Gasteiger partial charge on any atom is -0.379 e. The van der Waals surface area contributed by atoms with Crippen molar-refractivity contribution in [3.8, 4) is 0 Å². The van der Waals surface area contributed by atoms with Gasteiger partial charge in [-0.25, -0.2) is 0 Å². The van der Waals surface area contributed by atoms with E-state index in [4.69, 9.17) is 0 Å². The smallest absolute Gasteiger partial charge is 0.221 e. The fourth-order valence-corrected chi connectivity index (χ4v) is 1.46. The maximum Gasteiger partial charge on any atom is 0.221 e. The molecule has 0 saturated heterocycles. The topological polar surface area (TPSA) is 69.8 Å². The third kappa shape index (κ3) is 3.34. The fourth-order valence-electron chi connectivity index (χ4n) is 1.46. The monoisotopic (exact) mass is 230 g/mol. The number of amides is 1. The summed E-state index contributed by atoms with van der Waals surface area (Å²) in [6.45, 7) is 2.18. The summed E-state index contributed by atoms with van der Waals surface area (Å²) in [4.78, 5) is 10.8. The molecule has 0 bridgehead atoms. The molecule has 1 amide bonds. The molecule has 0 unspecified atom stereocenters. The van der Waals surface area contributed by atoms with Crippen LogP contribution in [0.5, 0.6) is 0 Å². The highest BCUT2D eigenvalue weighted by atomic mass is 16.1. The van der Waals surface area contributed by atoms with Crippen molar-refractivity contribution in [2.45, 2.75) is 13.5 Å². The molecule has 88 valence electrons. The summed E-state index contributed by atoms with van der Waals surface area (Å²) in [6, 6.07) is 9.47. The number of hydrogen-bond donors (Lipinski definition) is 3. The van der Waals surface area contributed by atoms with Crippen LogP contribution in [0.3, 0.4) is 0 Å². The zero-order valence-electron chi connectivity index (χ0n) is 9.53. The van der Waals surface area contributed by atoms with E-state index < -0.39 is 0 Å². The molecule has 2 aromatic rings. The van der Waals surface area contributed by atoms with Gasteiger partial charge in [-0.3, -0.25) is 9.89 Å². The van der Waals surface area contributed by atoms with Crippen molar-refractivity contribution in [3.05, 3.63) is 42.2 Å². The SMILES string of the molecule is CC(=O)Nc1ccc(NCc2ccn[nH]2)cc1. The van der Waals surface area contributed by atoms with E-state index in [2.05, 4.69) is 20.8 Å². The quantitative estimate of drug-likeness (QED) is 0.752. The second-order valence-electron chi connectivity index (χ2n) is 3.69. The Hall–Kier alpha value is -2.30. The van der Waals surface area contributed by atoms with Crippen LogP contribution < -0.4 is 10.6 Å². The lowest BCUT2D eigenvalue weighted by Crippen LogP contribution is -2.05. The molecule has 0 fully saturated rings. The molecular formula is C12H14N4O. The number of aromatic nitrogens is 2. The molecule has 5 heteroatoms. The predicted molar refractivity (Wildman–Crippen MR) is 66.7 cm³/mol. The van der Waals surface area contributed by atoms with Crippen molar-refractivity contribution in [2.75, 3.05) is 10.6 Å². The first-order valence-electron chi connectivity index (χ1n) is 5.34. The molecule has 1 aromatic carbocycles. The second-order valence-corrected chi connectivity index (χ2v) is 3.69. The summed E-state index contributed by atoms with van der Waals surface area (Å²) < 4.78 is 0. The van der Waals surface area contributed by atoms with E-state index in [1.165, 1.54) is 6.92 Å². The molecule has 0 aliphatic rings. The normalized spacial score (nSPS) is 9.94. The number of carbonyl (C=O) groups excluding carboxylic acids is 1. The van der Waals surface area contributed by atoms with Gasteiger partial charge in [0, 0.05) is 24.5 Å². The molecule has 0 atom stereocenters. The van der Waals surface area contributed by atoms with E-state index in [1.807, 2.05) is 30.3 Å². The molecule has 0 radical (unpaired) electrons. The van der Waals surface area contributed by atoms with E-state index >= 15 is 0 Å². The van der Waals surface area contributed by atoms with Crippen molar-refractivity contribution in [2.24, 2.45) is 0 Å². The summed E-state index contributed by atoms with van der Waals surface area (Å²) in [5.41, 5.74) is 2.81. The van der Waals surface area contributed by atoms with Crippen molar-refractivity contribution < 1.29 is 4.79 Å². The molecule has 0 saturated carbocycles. The Morgan fingerprint density at radius 2 is 1.94 bits per heavy atom. The molecular weight excluding hydrogens is 216 g/mol. The average molecular weight is 230 g/mol. The zero-order valence-corrected chi connectivity index (χ0v) is 9.53. The first-order chi connectivity index (χ1) is 8.24. The Morgan fingerprint density at radius 1 is 1.24 bits per heavy atom. The molecule has 17 heavy (non-hydrogen) atoms. The van der Waals surface area contributed by atoms with E-state index in [0.717, 1.165) is 17.1 Å². The minimum atomic E-state index is -0.0665. The van der Waals surface area contributed by atoms with E-state index in [9.17, 15) is 4.79 Å². The largest absolute Gasteiger partial charge is 0.379 e. The molecule has 1 heterocycles. The highest BCUT2D eigenvalue weighted by molar-refractivity contribution is 5.88. The molecule has 3 N–H and O–H groups in total. The molecule has 2 rings (SSSR count). The number of aromatic amines is 1. The van der Waals surface area contributed by atoms with Gasteiger partial charge in [-0.2, -0.15) is 5.10 Å². The average Bonchev–Trinajstić information content (AvgIpc) is 2.80.